The number of carbonyl (C=O) groups is 1. The Kier molecular flexibility index (Phi) is 6.10. The molecule has 0 spiro atoms. The van der Waals surface area contributed by atoms with Crippen LogP contribution in [0.1, 0.15) is 17.5 Å². The fourth-order valence-electron chi connectivity index (χ4n) is 3.01. The predicted molar refractivity (Wildman–Crippen MR) is 97.6 cm³/mol. The molecule has 1 atom stereocenters. The number of nitrogens with zero attached hydrogens (tertiary/aromatic N) is 1. The van der Waals surface area contributed by atoms with E-state index >= 15 is 0 Å². The normalized spacial score (nSPS) is 13.2. The molecule has 0 saturated carbocycles. The molecule has 0 saturated heterocycles. The van der Waals surface area contributed by atoms with Crippen LogP contribution in [-0.4, -0.2) is 22.5 Å². The highest BCUT2D eigenvalue weighted by molar-refractivity contribution is 5.81. The lowest BCUT2D eigenvalue weighted by Crippen LogP contribution is -2.51. The fourth-order valence-corrected chi connectivity index (χ4v) is 3.01. The van der Waals surface area contributed by atoms with Gasteiger partial charge in [-0.15, -0.1) is 13.2 Å². The highest BCUT2D eigenvalue weighted by atomic mass is 16.4. The zero-order valence-electron chi connectivity index (χ0n) is 13.8. The molecule has 124 valence electrons. The van der Waals surface area contributed by atoms with Crippen molar-refractivity contribution >= 4 is 5.97 Å². The van der Waals surface area contributed by atoms with Crippen LogP contribution in [0.5, 0.6) is 0 Å². The Labute approximate surface area is 143 Å². The number of carboxylic acid groups (broad SMARTS) is 1. The van der Waals surface area contributed by atoms with Crippen LogP contribution in [0.3, 0.4) is 0 Å². The van der Waals surface area contributed by atoms with Crippen molar-refractivity contribution in [2.45, 2.75) is 18.5 Å². The summed E-state index contributed by atoms with van der Waals surface area (Å²) in [6.45, 7) is 8.57. The summed E-state index contributed by atoms with van der Waals surface area (Å²) >= 11 is 0. The topological polar surface area (TPSA) is 40.5 Å². The van der Waals surface area contributed by atoms with E-state index < -0.39 is 11.5 Å². The van der Waals surface area contributed by atoms with E-state index in [1.165, 1.54) is 0 Å². The molecule has 3 nitrogen and oxygen atoms in total. The van der Waals surface area contributed by atoms with Crippen molar-refractivity contribution in [1.82, 2.24) is 4.90 Å². The van der Waals surface area contributed by atoms with Crippen LogP contribution in [0.4, 0.5) is 0 Å². The van der Waals surface area contributed by atoms with E-state index in [9.17, 15) is 9.90 Å². The van der Waals surface area contributed by atoms with Gasteiger partial charge in [-0.25, -0.2) is 4.79 Å². The first-order chi connectivity index (χ1) is 11.6. The monoisotopic (exact) mass is 321 g/mol. The van der Waals surface area contributed by atoms with Crippen molar-refractivity contribution < 1.29 is 9.90 Å². The highest BCUT2D eigenvalue weighted by Gasteiger charge is 2.44. The lowest BCUT2D eigenvalue weighted by molar-refractivity contribution is -0.152. The largest absolute Gasteiger partial charge is 0.480 e. The molecule has 24 heavy (non-hydrogen) atoms. The molecule has 0 aliphatic carbocycles. The summed E-state index contributed by atoms with van der Waals surface area (Å²) in [5, 5.41) is 10.2. The van der Waals surface area contributed by atoms with Gasteiger partial charge in [0.05, 0.1) is 0 Å². The predicted octanol–water partition coefficient (Wildman–Crippen LogP) is 4.23. The summed E-state index contributed by atoms with van der Waals surface area (Å²) in [6.07, 6.45) is 3.72. The molecule has 1 N–H and O–H groups in total. The van der Waals surface area contributed by atoms with Gasteiger partial charge in [0.15, 0.2) is 0 Å². The van der Waals surface area contributed by atoms with Gasteiger partial charge in [0.1, 0.15) is 5.54 Å². The Bertz CT molecular complexity index is 681. The van der Waals surface area contributed by atoms with Crippen LogP contribution in [0.15, 0.2) is 86.0 Å². The van der Waals surface area contributed by atoms with Gasteiger partial charge >= 0.3 is 5.97 Å². The van der Waals surface area contributed by atoms with Gasteiger partial charge in [-0.3, -0.25) is 4.90 Å². The van der Waals surface area contributed by atoms with Crippen LogP contribution in [0.2, 0.25) is 0 Å². The van der Waals surface area contributed by atoms with E-state index in [4.69, 9.17) is 0 Å². The minimum absolute atomic E-state index is 0.313. The summed E-state index contributed by atoms with van der Waals surface area (Å²) in [7, 11) is 0. The highest BCUT2D eigenvalue weighted by Crippen LogP contribution is 2.34. The summed E-state index contributed by atoms with van der Waals surface area (Å²) in [5.74, 6) is -0.883. The molecule has 0 amide bonds. The second kappa shape index (κ2) is 8.27. The van der Waals surface area contributed by atoms with E-state index in [1.807, 2.05) is 65.6 Å². The summed E-state index contributed by atoms with van der Waals surface area (Å²) < 4.78 is 0. The maximum absolute atomic E-state index is 12.4. The summed E-state index contributed by atoms with van der Waals surface area (Å²) in [6, 6.07) is 19.2. The quantitative estimate of drug-likeness (QED) is 0.703. The second-order valence-electron chi connectivity index (χ2n) is 5.68. The zero-order chi connectivity index (χ0) is 17.4. The Morgan fingerprint density at radius 3 is 2.08 bits per heavy atom. The molecule has 2 rings (SSSR count). The van der Waals surface area contributed by atoms with Crippen LogP contribution in [0, 0.1) is 0 Å². The number of hydrogen-bond donors (Lipinski definition) is 1. The Morgan fingerprint density at radius 1 is 1.00 bits per heavy atom. The lowest BCUT2D eigenvalue weighted by Gasteiger charge is -2.40. The van der Waals surface area contributed by atoms with Gasteiger partial charge in [-0.05, 0) is 17.5 Å². The Morgan fingerprint density at radius 2 is 1.58 bits per heavy atom. The van der Waals surface area contributed by atoms with Gasteiger partial charge in [0.2, 0.25) is 0 Å². The number of rotatable bonds is 9. The third kappa shape index (κ3) is 3.63. The first-order valence-electron chi connectivity index (χ1n) is 7.95. The van der Waals surface area contributed by atoms with Crippen LogP contribution >= 0.6 is 0 Å². The summed E-state index contributed by atoms with van der Waals surface area (Å²) in [4.78, 5) is 14.3. The van der Waals surface area contributed by atoms with Crippen molar-refractivity contribution in [3.8, 4) is 0 Å². The standard InChI is InChI=1S/C21H23NO2/c1-3-15-21(20(23)24,19-13-9-6-10-14-19)22(16-4-2)17-18-11-7-5-8-12-18/h3-14H,1-2,15-17H2,(H,23,24). The Balaban J connectivity index is 2.54. The van der Waals surface area contributed by atoms with E-state index in [0.717, 1.165) is 11.1 Å². The maximum atomic E-state index is 12.4. The fraction of sp³-hybridized carbons (Fsp3) is 0.190. The molecule has 0 aliphatic rings. The van der Waals surface area contributed by atoms with Crippen LogP contribution < -0.4 is 0 Å². The first kappa shape index (κ1) is 17.7. The molecule has 3 heteroatoms. The van der Waals surface area contributed by atoms with Gasteiger partial charge in [0, 0.05) is 13.1 Å². The molecular formula is C21H23NO2. The van der Waals surface area contributed by atoms with Crippen molar-refractivity contribution in [3.63, 3.8) is 0 Å². The number of benzene rings is 2. The average molecular weight is 321 g/mol. The molecule has 0 aliphatic heterocycles. The maximum Gasteiger partial charge on any atom is 0.329 e. The van der Waals surface area contributed by atoms with Crippen molar-refractivity contribution in [1.29, 1.82) is 0 Å². The smallest absolute Gasteiger partial charge is 0.329 e. The molecular weight excluding hydrogens is 298 g/mol. The van der Waals surface area contributed by atoms with Gasteiger partial charge < -0.3 is 5.11 Å². The second-order valence-corrected chi connectivity index (χ2v) is 5.68. The number of carboxylic acids is 1. The van der Waals surface area contributed by atoms with Crippen molar-refractivity contribution in [2.24, 2.45) is 0 Å². The van der Waals surface area contributed by atoms with Gasteiger partial charge in [0.25, 0.3) is 0 Å². The van der Waals surface area contributed by atoms with E-state index in [0.29, 0.717) is 19.5 Å². The Hall–Kier alpha value is -2.65. The number of hydrogen-bond acceptors (Lipinski definition) is 2. The number of aliphatic carboxylic acids is 1. The first-order valence-corrected chi connectivity index (χ1v) is 7.95. The SMILES string of the molecule is C=CCN(Cc1ccccc1)C(CC=C)(C(=O)O)c1ccccc1. The average Bonchev–Trinajstić information content (AvgIpc) is 2.61. The molecule has 2 aromatic rings. The van der Waals surface area contributed by atoms with Crippen molar-refractivity contribution in [2.75, 3.05) is 6.54 Å². The molecule has 0 heterocycles. The molecule has 0 aromatic heterocycles. The van der Waals surface area contributed by atoms with E-state index in [1.54, 1.807) is 12.2 Å². The molecule has 0 radical (unpaired) electrons. The minimum Gasteiger partial charge on any atom is -0.480 e. The van der Waals surface area contributed by atoms with E-state index in [-0.39, 0.29) is 0 Å². The van der Waals surface area contributed by atoms with Crippen molar-refractivity contribution in [3.05, 3.63) is 97.1 Å². The summed E-state index contributed by atoms with van der Waals surface area (Å²) in [5.41, 5.74) is 0.632. The zero-order valence-corrected chi connectivity index (χ0v) is 13.8. The molecule has 1 unspecified atom stereocenters. The van der Waals surface area contributed by atoms with Gasteiger partial charge in [-0.2, -0.15) is 0 Å². The van der Waals surface area contributed by atoms with Crippen LogP contribution in [-0.2, 0) is 16.9 Å². The van der Waals surface area contributed by atoms with Gasteiger partial charge in [-0.1, -0.05) is 72.8 Å². The molecule has 0 bridgehead atoms. The lowest BCUT2D eigenvalue weighted by atomic mass is 9.84. The minimum atomic E-state index is -1.17. The van der Waals surface area contributed by atoms with E-state index in [2.05, 4.69) is 13.2 Å². The molecule has 0 fully saturated rings. The third-order valence-electron chi connectivity index (χ3n) is 4.15. The third-order valence-corrected chi connectivity index (χ3v) is 4.15. The molecule has 2 aromatic carbocycles. The van der Waals surface area contributed by atoms with Crippen LogP contribution in [0.25, 0.3) is 0 Å².